The molecule has 3 rings (SSSR count). The average Bonchev–Trinajstić information content (AvgIpc) is 2.72. The Balaban J connectivity index is 2.46. The summed E-state index contributed by atoms with van der Waals surface area (Å²) >= 11 is 1.37. The third-order valence-corrected chi connectivity index (χ3v) is 3.04. The Hall–Kier alpha value is -1.75. The first-order chi connectivity index (χ1) is 6.77. The van der Waals surface area contributed by atoms with Crippen LogP contribution in [0.4, 0.5) is 5.69 Å². The second-order valence-electron chi connectivity index (χ2n) is 2.97. The molecular weight excluding hydrogens is 200 g/mol. The Morgan fingerprint density at radius 1 is 1.29 bits per heavy atom. The van der Waals surface area contributed by atoms with Gasteiger partial charge < -0.3 is 5.32 Å². The lowest BCUT2D eigenvalue weighted by Gasteiger charge is -1.95. The number of nitrogens with one attached hydrogen (secondary N) is 1. The number of amides is 1. The average molecular weight is 204 g/mol. The fourth-order valence-corrected chi connectivity index (χ4v) is 2.38. The van der Waals surface area contributed by atoms with Crippen LogP contribution < -0.4 is 5.32 Å². The number of carbonyl (C=O) groups excluding carboxylic acids is 2. The highest BCUT2D eigenvalue weighted by Crippen LogP contribution is 2.32. The van der Waals surface area contributed by atoms with E-state index in [4.69, 9.17) is 0 Å². The zero-order valence-corrected chi connectivity index (χ0v) is 7.72. The zero-order valence-electron chi connectivity index (χ0n) is 6.90. The van der Waals surface area contributed by atoms with Gasteiger partial charge in [0.25, 0.3) is 11.7 Å². The summed E-state index contributed by atoms with van der Waals surface area (Å²) in [5.41, 5.74) is 3.49. The first-order valence-electron chi connectivity index (χ1n) is 3.99. The number of hydrogen-bond acceptors (Lipinski definition) is 4. The van der Waals surface area contributed by atoms with Crippen molar-refractivity contribution in [3.63, 3.8) is 0 Å². The van der Waals surface area contributed by atoms with Gasteiger partial charge in [0.2, 0.25) is 0 Å². The molecule has 14 heavy (non-hydrogen) atoms. The number of fused-ring (bicyclic) bond motifs is 3. The smallest absolute Gasteiger partial charge is 0.296 e. The van der Waals surface area contributed by atoms with Crippen molar-refractivity contribution in [2.24, 2.45) is 0 Å². The van der Waals surface area contributed by atoms with Crippen LogP contribution in [-0.2, 0) is 4.79 Å². The van der Waals surface area contributed by atoms with Gasteiger partial charge in [-0.15, -0.1) is 11.3 Å². The molecule has 0 unspecified atom stereocenters. The number of carbonyl (C=O) groups is 2. The number of thiazole rings is 1. The van der Waals surface area contributed by atoms with Crippen molar-refractivity contribution in [3.8, 4) is 0 Å². The summed E-state index contributed by atoms with van der Waals surface area (Å²) in [5, 5.41) is 2.52. The van der Waals surface area contributed by atoms with Crippen LogP contribution in [0.3, 0.4) is 0 Å². The molecule has 0 bridgehead atoms. The summed E-state index contributed by atoms with van der Waals surface area (Å²) in [5.74, 6) is -1.02. The van der Waals surface area contributed by atoms with Crippen molar-refractivity contribution in [1.29, 1.82) is 0 Å². The predicted octanol–water partition coefficient (Wildman–Crippen LogP) is 1.43. The third kappa shape index (κ3) is 0.793. The van der Waals surface area contributed by atoms with Gasteiger partial charge in [0, 0.05) is 0 Å². The summed E-state index contributed by atoms with van der Waals surface area (Å²) in [6, 6.07) is 3.50. The molecule has 2 aromatic rings. The Labute approximate surface area is 82.6 Å². The third-order valence-electron chi connectivity index (χ3n) is 2.18. The van der Waals surface area contributed by atoms with E-state index in [0.717, 1.165) is 10.2 Å². The molecule has 68 valence electrons. The quantitative estimate of drug-likeness (QED) is 0.660. The molecule has 0 aliphatic carbocycles. The summed E-state index contributed by atoms with van der Waals surface area (Å²) in [7, 11) is 0. The van der Waals surface area contributed by atoms with Crippen LogP contribution in [0.25, 0.3) is 10.2 Å². The molecule has 1 aromatic heterocycles. The summed E-state index contributed by atoms with van der Waals surface area (Å²) in [6.07, 6.45) is 0. The van der Waals surface area contributed by atoms with Crippen molar-refractivity contribution in [2.75, 3.05) is 5.32 Å². The SMILES string of the molecule is O=C1Nc2ccc3ncsc3c2C1=O. The first-order valence-corrected chi connectivity index (χ1v) is 4.87. The van der Waals surface area contributed by atoms with Gasteiger partial charge in [0.15, 0.2) is 0 Å². The number of aromatic nitrogens is 1. The molecule has 0 saturated carbocycles. The van der Waals surface area contributed by atoms with Crippen molar-refractivity contribution in [3.05, 3.63) is 23.2 Å². The van der Waals surface area contributed by atoms with E-state index in [1.54, 1.807) is 17.6 Å². The minimum atomic E-state index is -0.555. The van der Waals surface area contributed by atoms with Crippen LogP contribution in [0.15, 0.2) is 17.6 Å². The fraction of sp³-hybridized carbons (Fsp3) is 0. The van der Waals surface area contributed by atoms with Crippen LogP contribution in [0.1, 0.15) is 10.4 Å². The maximum Gasteiger partial charge on any atom is 0.296 e. The van der Waals surface area contributed by atoms with Gasteiger partial charge >= 0.3 is 0 Å². The molecule has 0 atom stereocenters. The lowest BCUT2D eigenvalue weighted by molar-refractivity contribution is -0.112. The molecule has 1 aliphatic rings. The lowest BCUT2D eigenvalue weighted by atomic mass is 10.1. The summed E-state index contributed by atoms with van der Waals surface area (Å²) in [6.45, 7) is 0. The number of anilines is 1. The van der Waals surface area contributed by atoms with Crippen molar-refractivity contribution >= 4 is 38.9 Å². The summed E-state index contributed by atoms with van der Waals surface area (Å²) < 4.78 is 0.783. The van der Waals surface area contributed by atoms with Crippen molar-refractivity contribution in [1.82, 2.24) is 4.98 Å². The van der Waals surface area contributed by atoms with E-state index in [-0.39, 0.29) is 0 Å². The highest BCUT2D eigenvalue weighted by atomic mass is 32.1. The molecule has 0 radical (unpaired) electrons. The van der Waals surface area contributed by atoms with E-state index in [1.807, 2.05) is 0 Å². The topological polar surface area (TPSA) is 59.1 Å². The number of nitrogens with zero attached hydrogens (tertiary/aromatic N) is 1. The molecule has 4 nitrogen and oxygen atoms in total. The monoisotopic (exact) mass is 204 g/mol. The molecular formula is C9H4N2O2S. The first kappa shape index (κ1) is 7.64. The minimum Gasteiger partial charge on any atom is -0.318 e. The molecule has 0 fully saturated rings. The predicted molar refractivity (Wildman–Crippen MR) is 52.6 cm³/mol. The van der Waals surface area contributed by atoms with Crippen LogP contribution >= 0.6 is 11.3 Å². The van der Waals surface area contributed by atoms with Crippen molar-refractivity contribution in [2.45, 2.75) is 0 Å². The van der Waals surface area contributed by atoms with E-state index >= 15 is 0 Å². The molecule has 5 heteroatoms. The van der Waals surface area contributed by atoms with E-state index in [1.165, 1.54) is 11.3 Å². The van der Waals surface area contributed by atoms with Gasteiger partial charge in [0.05, 0.1) is 27.0 Å². The number of hydrogen-bond donors (Lipinski definition) is 1. The second-order valence-corrected chi connectivity index (χ2v) is 3.83. The Morgan fingerprint density at radius 2 is 2.14 bits per heavy atom. The van der Waals surface area contributed by atoms with Crippen LogP contribution in [0.2, 0.25) is 0 Å². The fourth-order valence-electron chi connectivity index (χ4n) is 1.55. The molecule has 1 aliphatic heterocycles. The molecule has 1 aromatic carbocycles. The van der Waals surface area contributed by atoms with Crippen molar-refractivity contribution < 1.29 is 9.59 Å². The zero-order chi connectivity index (χ0) is 9.71. The lowest BCUT2D eigenvalue weighted by Crippen LogP contribution is -2.12. The number of benzene rings is 1. The minimum absolute atomic E-state index is 0.463. The van der Waals surface area contributed by atoms with Gasteiger partial charge in [-0.05, 0) is 12.1 Å². The second kappa shape index (κ2) is 2.39. The van der Waals surface area contributed by atoms with Gasteiger partial charge in [-0.3, -0.25) is 9.59 Å². The highest BCUT2D eigenvalue weighted by molar-refractivity contribution is 7.17. The Morgan fingerprint density at radius 3 is 3.00 bits per heavy atom. The standard InChI is InChI=1S/C9H4N2O2S/c12-7-6-4(11-9(7)13)1-2-5-8(6)14-3-10-5/h1-3H,(H,11,12,13). The van der Waals surface area contributed by atoms with Crippen LogP contribution in [-0.4, -0.2) is 16.7 Å². The molecule has 0 saturated heterocycles. The van der Waals surface area contributed by atoms with E-state index < -0.39 is 11.7 Å². The van der Waals surface area contributed by atoms with Gasteiger partial charge in [-0.1, -0.05) is 0 Å². The van der Waals surface area contributed by atoms with Gasteiger partial charge in [-0.2, -0.15) is 0 Å². The largest absolute Gasteiger partial charge is 0.318 e. The van der Waals surface area contributed by atoms with Gasteiger partial charge in [-0.25, -0.2) is 4.98 Å². The summed E-state index contributed by atoms with van der Waals surface area (Å²) in [4.78, 5) is 26.7. The Kier molecular flexibility index (Phi) is 1.30. The Bertz CT molecular complexity index is 573. The maximum absolute atomic E-state index is 11.5. The van der Waals surface area contributed by atoms with E-state index in [9.17, 15) is 9.59 Å². The molecule has 2 heterocycles. The van der Waals surface area contributed by atoms with Crippen LogP contribution in [0.5, 0.6) is 0 Å². The van der Waals surface area contributed by atoms with E-state index in [0.29, 0.717) is 11.3 Å². The number of ketones is 1. The van der Waals surface area contributed by atoms with E-state index in [2.05, 4.69) is 10.3 Å². The molecule has 1 N–H and O–H groups in total. The normalized spacial score (nSPS) is 14.6. The maximum atomic E-state index is 11.5. The highest BCUT2D eigenvalue weighted by Gasteiger charge is 2.30. The number of rotatable bonds is 0. The van der Waals surface area contributed by atoms with Gasteiger partial charge in [0.1, 0.15) is 0 Å². The number of Topliss-reactive ketones (excluding diaryl/α,β-unsaturated/α-hetero) is 1. The molecule has 0 spiro atoms. The van der Waals surface area contributed by atoms with Crippen LogP contribution in [0, 0.1) is 0 Å². The molecule has 1 amide bonds.